The van der Waals surface area contributed by atoms with Crippen LogP contribution in [0.4, 0.5) is 5.95 Å². The summed E-state index contributed by atoms with van der Waals surface area (Å²) < 4.78 is 8.10. The molecule has 210 valence electrons. The van der Waals surface area contributed by atoms with E-state index in [0.717, 1.165) is 50.0 Å². The molecule has 0 aromatic carbocycles. The van der Waals surface area contributed by atoms with Crippen LogP contribution in [0.15, 0.2) is 0 Å². The van der Waals surface area contributed by atoms with Gasteiger partial charge in [0.05, 0.1) is 39.4 Å². The van der Waals surface area contributed by atoms with Crippen LogP contribution in [0.25, 0.3) is 5.78 Å². The summed E-state index contributed by atoms with van der Waals surface area (Å²) in [6.07, 6.45) is 14.9. The zero-order valence-corrected chi connectivity index (χ0v) is 24.1. The molecule has 0 atom stereocenters. The number of fused-ring (bicyclic) bond motifs is 2. The third-order valence-electron chi connectivity index (χ3n) is 7.94. The predicted molar refractivity (Wildman–Crippen MR) is 149 cm³/mol. The number of nitrogens with zero attached hydrogens (tertiary/aromatic N) is 6. The van der Waals surface area contributed by atoms with Gasteiger partial charge >= 0.3 is 0 Å². The van der Waals surface area contributed by atoms with Crippen molar-refractivity contribution in [3.63, 3.8) is 0 Å². The van der Waals surface area contributed by atoms with Crippen LogP contribution in [0.2, 0.25) is 0 Å². The Balaban J connectivity index is 0.000000210. The van der Waals surface area contributed by atoms with Crippen molar-refractivity contribution in [3.8, 4) is 5.88 Å². The third kappa shape index (κ3) is 8.28. The molecule has 4 rings (SSSR count). The second kappa shape index (κ2) is 15.5. The Morgan fingerprint density at radius 3 is 1.86 bits per heavy atom. The normalized spacial score (nSPS) is 15.9. The Hall–Kier alpha value is -1.93. The summed E-state index contributed by atoms with van der Waals surface area (Å²) in [6, 6.07) is 0. The number of unbranched alkanes of at least 4 members (excludes halogenated alkanes) is 4. The van der Waals surface area contributed by atoms with Gasteiger partial charge in [-0.3, -0.25) is 0 Å². The standard InChI is InChI=1S/C16H36N.C13H17N5O2/c1-5-9-13-17(14-10-6-2,15-11-7-3)16-12-8-4;19-11-9-3-1-2-4-10(9)14-12-15-13(16-18(11)12)17-5-7-20-8-6-17/h5-16H2,1-4H3;19H,1-8H2/q+1;/p-1. The lowest BCUT2D eigenvalue weighted by Gasteiger charge is -2.39. The molecule has 8 heteroatoms. The molecule has 0 bridgehead atoms. The lowest BCUT2D eigenvalue weighted by Crippen LogP contribution is -2.50. The number of quaternary nitrogens is 1. The summed E-state index contributed by atoms with van der Waals surface area (Å²) in [6.45, 7) is 17.9. The van der Waals surface area contributed by atoms with Crippen LogP contribution < -0.4 is 10.0 Å². The Bertz CT molecular complexity index is 887. The van der Waals surface area contributed by atoms with Gasteiger partial charge in [-0.05, 0) is 62.8 Å². The number of morpholine rings is 1. The maximum absolute atomic E-state index is 12.4. The number of ether oxygens (including phenoxy) is 1. The summed E-state index contributed by atoms with van der Waals surface area (Å²) in [5.74, 6) is 0.967. The monoisotopic (exact) mass is 516 g/mol. The first-order valence-electron chi connectivity index (χ1n) is 15.2. The minimum Gasteiger partial charge on any atom is -0.858 e. The van der Waals surface area contributed by atoms with E-state index in [9.17, 15) is 5.11 Å². The van der Waals surface area contributed by atoms with E-state index < -0.39 is 0 Å². The number of aromatic nitrogens is 4. The number of anilines is 1. The Morgan fingerprint density at radius 1 is 0.784 bits per heavy atom. The smallest absolute Gasteiger partial charge is 0.253 e. The second-order valence-corrected chi connectivity index (χ2v) is 10.9. The molecular weight excluding hydrogens is 464 g/mol. The van der Waals surface area contributed by atoms with Crippen molar-refractivity contribution in [3.05, 3.63) is 11.3 Å². The average molecular weight is 517 g/mol. The van der Waals surface area contributed by atoms with Crippen LogP contribution in [0.5, 0.6) is 5.88 Å². The third-order valence-corrected chi connectivity index (χ3v) is 7.94. The number of hydrogen-bond acceptors (Lipinski definition) is 6. The molecule has 2 aromatic heterocycles. The van der Waals surface area contributed by atoms with Crippen LogP contribution in [-0.4, -0.2) is 76.5 Å². The molecule has 37 heavy (non-hydrogen) atoms. The maximum atomic E-state index is 12.4. The van der Waals surface area contributed by atoms with Gasteiger partial charge < -0.3 is 19.2 Å². The largest absolute Gasteiger partial charge is 0.858 e. The predicted octanol–water partition coefficient (Wildman–Crippen LogP) is 4.92. The van der Waals surface area contributed by atoms with Crippen molar-refractivity contribution < 1.29 is 14.3 Å². The first-order valence-corrected chi connectivity index (χ1v) is 15.2. The highest BCUT2D eigenvalue weighted by atomic mass is 16.5. The molecule has 2 aromatic rings. The molecule has 0 radical (unpaired) electrons. The first kappa shape index (κ1) is 29.6. The fourth-order valence-electron chi connectivity index (χ4n) is 5.54. The second-order valence-electron chi connectivity index (χ2n) is 10.9. The minimum absolute atomic E-state index is 0.0447. The molecule has 0 amide bonds. The molecule has 2 aliphatic rings. The highest BCUT2D eigenvalue weighted by Crippen LogP contribution is 2.27. The molecule has 3 heterocycles. The van der Waals surface area contributed by atoms with Gasteiger partial charge in [-0.1, -0.05) is 53.4 Å². The van der Waals surface area contributed by atoms with E-state index in [1.165, 1.54) is 86.5 Å². The summed E-state index contributed by atoms with van der Waals surface area (Å²) in [5, 5.41) is 16.8. The molecule has 0 saturated carbocycles. The lowest BCUT2D eigenvalue weighted by molar-refractivity contribution is -0.929. The number of rotatable bonds is 13. The maximum Gasteiger partial charge on any atom is 0.253 e. The molecular formula is C29H52N6O2. The van der Waals surface area contributed by atoms with Gasteiger partial charge in [-0.2, -0.15) is 4.98 Å². The summed E-state index contributed by atoms with van der Waals surface area (Å²) in [4.78, 5) is 11.0. The van der Waals surface area contributed by atoms with Crippen LogP contribution in [-0.2, 0) is 17.6 Å². The number of hydrogen-bond donors (Lipinski definition) is 0. The van der Waals surface area contributed by atoms with Gasteiger partial charge in [0, 0.05) is 18.8 Å². The molecule has 1 aliphatic heterocycles. The summed E-state index contributed by atoms with van der Waals surface area (Å²) in [7, 11) is 0. The molecule has 1 saturated heterocycles. The molecule has 0 spiro atoms. The first-order chi connectivity index (χ1) is 18.1. The van der Waals surface area contributed by atoms with Gasteiger partial charge in [0.2, 0.25) is 5.95 Å². The van der Waals surface area contributed by atoms with Gasteiger partial charge in [-0.25, -0.2) is 9.50 Å². The fourth-order valence-corrected chi connectivity index (χ4v) is 5.54. The van der Waals surface area contributed by atoms with Gasteiger partial charge in [0.1, 0.15) is 0 Å². The zero-order chi connectivity index (χ0) is 26.5. The topological polar surface area (TPSA) is 78.6 Å². The van der Waals surface area contributed by atoms with Crippen molar-refractivity contribution in [2.24, 2.45) is 0 Å². The van der Waals surface area contributed by atoms with Gasteiger partial charge in [0.15, 0.2) is 0 Å². The van der Waals surface area contributed by atoms with Crippen molar-refractivity contribution in [1.82, 2.24) is 19.6 Å². The van der Waals surface area contributed by atoms with Crippen molar-refractivity contribution >= 4 is 11.7 Å². The van der Waals surface area contributed by atoms with E-state index >= 15 is 0 Å². The van der Waals surface area contributed by atoms with Gasteiger partial charge in [-0.15, -0.1) is 5.10 Å². The van der Waals surface area contributed by atoms with E-state index in [4.69, 9.17) is 4.74 Å². The van der Waals surface area contributed by atoms with E-state index in [2.05, 4.69) is 42.8 Å². The molecule has 0 unspecified atom stereocenters. The fraction of sp³-hybridized carbons (Fsp3) is 0.828. The summed E-state index contributed by atoms with van der Waals surface area (Å²) in [5.41, 5.74) is 1.73. The van der Waals surface area contributed by atoms with E-state index in [1.807, 2.05) is 4.90 Å². The van der Waals surface area contributed by atoms with E-state index in [1.54, 1.807) is 0 Å². The highest BCUT2D eigenvalue weighted by Gasteiger charge is 2.25. The van der Waals surface area contributed by atoms with Crippen LogP contribution in [0.3, 0.4) is 0 Å². The van der Waals surface area contributed by atoms with Gasteiger partial charge in [0.25, 0.3) is 5.78 Å². The molecule has 0 N–H and O–H groups in total. The SMILES string of the molecule is CCCC[N+](CCCC)(CCCC)CCCC.[O-]c1c2c(nc3nc(N4CCOCC4)nn13)CCCC2. The average Bonchev–Trinajstić information content (AvgIpc) is 3.38. The zero-order valence-electron chi connectivity index (χ0n) is 24.1. The minimum atomic E-state index is -0.0447. The number of aryl methyl sites for hydroxylation is 1. The lowest BCUT2D eigenvalue weighted by atomic mass is 9.97. The molecule has 1 fully saturated rings. The Morgan fingerprint density at radius 2 is 1.32 bits per heavy atom. The van der Waals surface area contributed by atoms with Crippen LogP contribution in [0.1, 0.15) is 103 Å². The highest BCUT2D eigenvalue weighted by molar-refractivity contribution is 5.46. The van der Waals surface area contributed by atoms with Crippen molar-refractivity contribution in [2.75, 3.05) is 57.4 Å². The van der Waals surface area contributed by atoms with E-state index in [-0.39, 0.29) is 5.88 Å². The van der Waals surface area contributed by atoms with Crippen LogP contribution in [0, 0.1) is 0 Å². The summed E-state index contributed by atoms with van der Waals surface area (Å²) >= 11 is 0. The van der Waals surface area contributed by atoms with Crippen molar-refractivity contribution in [2.45, 2.75) is 105 Å². The molecule has 8 nitrogen and oxygen atoms in total. The van der Waals surface area contributed by atoms with Crippen LogP contribution >= 0.6 is 0 Å². The quantitative estimate of drug-likeness (QED) is 0.352. The van der Waals surface area contributed by atoms with E-state index in [0.29, 0.717) is 24.9 Å². The Labute approximate surface area is 225 Å². The Kier molecular flexibility index (Phi) is 12.4. The molecule has 1 aliphatic carbocycles. The van der Waals surface area contributed by atoms with Crippen molar-refractivity contribution in [1.29, 1.82) is 0 Å².